The fourth-order valence-electron chi connectivity index (χ4n) is 2.30. The average Bonchev–Trinajstić information content (AvgIpc) is 2.40. The molecule has 0 atom stereocenters. The molecule has 0 aliphatic heterocycles. The van der Waals surface area contributed by atoms with E-state index in [0.29, 0.717) is 6.04 Å². The molecule has 0 spiro atoms. The monoisotopic (exact) mass is 325 g/mol. The standard InChI is InChI=1S/C15H20BrNO2/c1-19-14-8-2-5-12(11-14)15(18)17(10-4-9-16)13-6-3-7-13/h2,5,8,11,13H,3-4,6-7,9-10H2,1H3. The summed E-state index contributed by atoms with van der Waals surface area (Å²) in [4.78, 5) is 14.6. The maximum absolute atomic E-state index is 12.6. The van der Waals surface area contributed by atoms with Gasteiger partial charge in [0.15, 0.2) is 0 Å². The third-order valence-corrected chi connectivity index (χ3v) is 4.19. The van der Waals surface area contributed by atoms with Crippen LogP contribution in [0.4, 0.5) is 0 Å². The van der Waals surface area contributed by atoms with Gasteiger partial charge in [0.05, 0.1) is 7.11 Å². The highest BCUT2D eigenvalue weighted by atomic mass is 79.9. The van der Waals surface area contributed by atoms with Gasteiger partial charge in [-0.25, -0.2) is 0 Å². The molecule has 0 saturated heterocycles. The number of hydrogen-bond donors (Lipinski definition) is 0. The molecule has 1 aromatic carbocycles. The number of alkyl halides is 1. The maximum Gasteiger partial charge on any atom is 0.254 e. The Morgan fingerprint density at radius 3 is 2.84 bits per heavy atom. The van der Waals surface area contributed by atoms with Crippen molar-refractivity contribution in [3.8, 4) is 5.75 Å². The summed E-state index contributed by atoms with van der Waals surface area (Å²) in [5, 5.41) is 0.932. The lowest BCUT2D eigenvalue weighted by atomic mass is 9.91. The first kappa shape index (κ1) is 14.4. The summed E-state index contributed by atoms with van der Waals surface area (Å²) in [5.74, 6) is 0.865. The smallest absolute Gasteiger partial charge is 0.254 e. The van der Waals surface area contributed by atoms with E-state index in [0.717, 1.165) is 42.5 Å². The molecule has 0 N–H and O–H groups in total. The number of ether oxygens (including phenoxy) is 1. The number of nitrogens with zero attached hydrogens (tertiary/aromatic N) is 1. The van der Waals surface area contributed by atoms with Crippen molar-refractivity contribution in [3.05, 3.63) is 29.8 Å². The highest BCUT2D eigenvalue weighted by molar-refractivity contribution is 9.09. The topological polar surface area (TPSA) is 29.5 Å². The van der Waals surface area contributed by atoms with Crippen molar-refractivity contribution >= 4 is 21.8 Å². The number of hydrogen-bond acceptors (Lipinski definition) is 2. The zero-order valence-electron chi connectivity index (χ0n) is 11.3. The van der Waals surface area contributed by atoms with Gasteiger partial charge < -0.3 is 9.64 Å². The zero-order valence-corrected chi connectivity index (χ0v) is 12.9. The Labute approximate surface area is 123 Å². The van der Waals surface area contributed by atoms with Gasteiger partial charge in [-0.2, -0.15) is 0 Å². The van der Waals surface area contributed by atoms with E-state index in [1.54, 1.807) is 7.11 Å². The summed E-state index contributed by atoms with van der Waals surface area (Å²) >= 11 is 3.44. The zero-order chi connectivity index (χ0) is 13.7. The van der Waals surface area contributed by atoms with Crippen LogP contribution < -0.4 is 4.74 Å². The fraction of sp³-hybridized carbons (Fsp3) is 0.533. The van der Waals surface area contributed by atoms with Crippen LogP contribution in [0.1, 0.15) is 36.0 Å². The quantitative estimate of drug-likeness (QED) is 0.749. The molecule has 0 aromatic heterocycles. The molecule has 0 bridgehead atoms. The Morgan fingerprint density at radius 2 is 2.26 bits per heavy atom. The maximum atomic E-state index is 12.6. The van der Waals surface area contributed by atoms with Crippen LogP contribution in [0.2, 0.25) is 0 Å². The molecule has 1 aromatic rings. The molecule has 1 fully saturated rings. The summed E-state index contributed by atoms with van der Waals surface area (Å²) in [6.07, 6.45) is 4.50. The van der Waals surface area contributed by atoms with Crippen molar-refractivity contribution in [2.45, 2.75) is 31.7 Å². The third kappa shape index (κ3) is 3.50. The van der Waals surface area contributed by atoms with Crippen LogP contribution in [-0.2, 0) is 0 Å². The molecule has 3 nitrogen and oxygen atoms in total. The molecule has 2 rings (SSSR count). The second kappa shape index (κ2) is 6.94. The van der Waals surface area contributed by atoms with E-state index < -0.39 is 0 Å². The van der Waals surface area contributed by atoms with Crippen LogP contribution in [0.5, 0.6) is 5.75 Å². The van der Waals surface area contributed by atoms with E-state index in [1.165, 1.54) is 6.42 Å². The van der Waals surface area contributed by atoms with Crippen LogP contribution in [0.3, 0.4) is 0 Å². The van der Waals surface area contributed by atoms with Crippen LogP contribution >= 0.6 is 15.9 Å². The van der Waals surface area contributed by atoms with Gasteiger partial charge in [-0.3, -0.25) is 4.79 Å². The van der Waals surface area contributed by atoms with Gasteiger partial charge >= 0.3 is 0 Å². The lowest BCUT2D eigenvalue weighted by Crippen LogP contribution is -2.44. The largest absolute Gasteiger partial charge is 0.497 e. The summed E-state index contributed by atoms with van der Waals surface area (Å²) < 4.78 is 5.19. The number of methoxy groups -OCH3 is 1. The Kier molecular flexibility index (Phi) is 5.25. The van der Waals surface area contributed by atoms with Crippen molar-refractivity contribution in [1.29, 1.82) is 0 Å². The Hall–Kier alpha value is -1.03. The van der Waals surface area contributed by atoms with Gasteiger partial charge in [0.1, 0.15) is 5.75 Å². The number of amides is 1. The SMILES string of the molecule is COc1cccc(C(=O)N(CCCBr)C2CCC2)c1. The first-order valence-electron chi connectivity index (χ1n) is 6.77. The minimum absolute atomic E-state index is 0.129. The highest BCUT2D eigenvalue weighted by Gasteiger charge is 2.28. The van der Waals surface area contributed by atoms with E-state index in [4.69, 9.17) is 4.74 Å². The number of carbonyl (C=O) groups is 1. The Bertz CT molecular complexity index is 432. The van der Waals surface area contributed by atoms with E-state index in [-0.39, 0.29) is 5.91 Å². The minimum atomic E-state index is 0.129. The van der Waals surface area contributed by atoms with E-state index in [1.807, 2.05) is 29.2 Å². The van der Waals surface area contributed by atoms with Gasteiger partial charge in [0.2, 0.25) is 0 Å². The van der Waals surface area contributed by atoms with Crippen LogP contribution in [0, 0.1) is 0 Å². The van der Waals surface area contributed by atoms with Crippen LogP contribution in [-0.4, -0.2) is 35.8 Å². The van der Waals surface area contributed by atoms with Crippen molar-refractivity contribution in [1.82, 2.24) is 4.90 Å². The van der Waals surface area contributed by atoms with Crippen molar-refractivity contribution in [3.63, 3.8) is 0 Å². The third-order valence-electron chi connectivity index (χ3n) is 3.63. The van der Waals surface area contributed by atoms with Crippen LogP contribution in [0.15, 0.2) is 24.3 Å². The molecule has 1 saturated carbocycles. The number of rotatable bonds is 6. The van der Waals surface area contributed by atoms with Gasteiger partial charge in [-0.05, 0) is 43.9 Å². The molecule has 0 heterocycles. The molecule has 0 unspecified atom stereocenters. The predicted octanol–water partition coefficient (Wildman–Crippen LogP) is 3.47. The molecule has 0 radical (unpaired) electrons. The molecule has 4 heteroatoms. The van der Waals surface area contributed by atoms with Crippen molar-refractivity contribution in [2.75, 3.05) is 19.0 Å². The molecule has 1 aliphatic carbocycles. The van der Waals surface area contributed by atoms with Crippen LogP contribution in [0.25, 0.3) is 0 Å². The van der Waals surface area contributed by atoms with Gasteiger partial charge in [-0.1, -0.05) is 22.0 Å². The second-order valence-electron chi connectivity index (χ2n) is 4.86. The lowest BCUT2D eigenvalue weighted by Gasteiger charge is -2.37. The van der Waals surface area contributed by atoms with Crippen molar-refractivity contribution in [2.24, 2.45) is 0 Å². The van der Waals surface area contributed by atoms with Gasteiger partial charge in [0, 0.05) is 23.5 Å². The molecular formula is C15H20BrNO2. The number of halogens is 1. The van der Waals surface area contributed by atoms with Gasteiger partial charge in [-0.15, -0.1) is 0 Å². The van der Waals surface area contributed by atoms with E-state index in [2.05, 4.69) is 15.9 Å². The molecule has 1 amide bonds. The second-order valence-corrected chi connectivity index (χ2v) is 5.65. The predicted molar refractivity (Wildman–Crippen MR) is 80.1 cm³/mol. The highest BCUT2D eigenvalue weighted by Crippen LogP contribution is 2.27. The van der Waals surface area contributed by atoms with Gasteiger partial charge in [0.25, 0.3) is 5.91 Å². The lowest BCUT2D eigenvalue weighted by molar-refractivity contribution is 0.0581. The normalized spacial score (nSPS) is 14.8. The molecule has 104 valence electrons. The van der Waals surface area contributed by atoms with E-state index in [9.17, 15) is 4.79 Å². The van der Waals surface area contributed by atoms with E-state index >= 15 is 0 Å². The van der Waals surface area contributed by atoms with Crippen molar-refractivity contribution < 1.29 is 9.53 Å². The first-order chi connectivity index (χ1) is 9.26. The average molecular weight is 326 g/mol. The first-order valence-corrected chi connectivity index (χ1v) is 7.89. The summed E-state index contributed by atoms with van der Waals surface area (Å²) in [6, 6.07) is 7.85. The number of benzene rings is 1. The minimum Gasteiger partial charge on any atom is -0.497 e. The molecular weight excluding hydrogens is 306 g/mol. The summed E-state index contributed by atoms with van der Waals surface area (Å²) in [6.45, 7) is 0.825. The Balaban J connectivity index is 2.12. The summed E-state index contributed by atoms with van der Waals surface area (Å²) in [5.41, 5.74) is 0.723. The fourth-order valence-corrected chi connectivity index (χ4v) is 2.55. The molecule has 1 aliphatic rings. The number of carbonyl (C=O) groups excluding carboxylic acids is 1. The Morgan fingerprint density at radius 1 is 1.47 bits per heavy atom. The summed E-state index contributed by atoms with van der Waals surface area (Å²) in [7, 11) is 1.62. The molecule has 19 heavy (non-hydrogen) atoms.